The summed E-state index contributed by atoms with van der Waals surface area (Å²) in [5.41, 5.74) is -10.2. The molecule has 0 rings (SSSR count). The molecule has 0 aromatic carbocycles. The van der Waals surface area contributed by atoms with Crippen molar-refractivity contribution in [3.63, 3.8) is 0 Å². The zero-order chi connectivity index (χ0) is 21.8. The summed E-state index contributed by atoms with van der Waals surface area (Å²) in [7, 11) is 0. The number of hydrogen-bond acceptors (Lipinski definition) is 1. The first kappa shape index (κ1) is 28.3. The Bertz CT molecular complexity index is 351. The fraction of sp³-hybridized carbons (Fsp3) is 1.00. The molecular formula is C10H9F14IS. The maximum absolute atomic E-state index is 12.6. The van der Waals surface area contributed by atoms with Gasteiger partial charge < -0.3 is 0 Å². The van der Waals surface area contributed by atoms with Crippen molar-refractivity contribution >= 4 is 35.2 Å². The molecule has 0 spiro atoms. The van der Waals surface area contributed by atoms with Gasteiger partial charge in [0.15, 0.2) is 0 Å². The van der Waals surface area contributed by atoms with Crippen molar-refractivity contribution in [3.8, 4) is 0 Å². The lowest BCUT2D eigenvalue weighted by Crippen LogP contribution is -2.53. The van der Waals surface area contributed by atoms with E-state index in [-0.39, 0.29) is 0 Å². The molecule has 0 aliphatic rings. The highest BCUT2D eigenvalue weighted by atomic mass is 127. The summed E-state index contributed by atoms with van der Waals surface area (Å²) in [6.07, 6.45) is -27.1. The van der Waals surface area contributed by atoms with Crippen molar-refractivity contribution in [1.82, 2.24) is 0 Å². The van der Waals surface area contributed by atoms with Crippen LogP contribution in [0.5, 0.6) is 0 Å². The molecule has 0 aliphatic heterocycles. The van der Waals surface area contributed by atoms with E-state index in [1.165, 1.54) is 22.6 Å². The Morgan fingerprint density at radius 1 is 0.500 bits per heavy atom. The molecule has 160 valence electrons. The molecule has 0 unspecified atom stereocenters. The van der Waals surface area contributed by atoms with Crippen molar-refractivity contribution in [2.24, 2.45) is 0 Å². The zero-order valence-corrected chi connectivity index (χ0v) is 15.0. The van der Waals surface area contributed by atoms with Crippen LogP contribution in [0.15, 0.2) is 0 Å². The van der Waals surface area contributed by atoms with Crippen LogP contribution in [0.25, 0.3) is 0 Å². The molecule has 0 nitrogen and oxygen atoms in total. The summed E-state index contributed by atoms with van der Waals surface area (Å²) in [5.74, 6) is -0.838. The topological polar surface area (TPSA) is 0 Å². The third-order valence-electron chi connectivity index (χ3n) is 2.69. The van der Waals surface area contributed by atoms with E-state index in [9.17, 15) is 61.5 Å². The van der Waals surface area contributed by atoms with Gasteiger partial charge in [0.2, 0.25) is 0 Å². The van der Waals surface area contributed by atoms with E-state index >= 15 is 0 Å². The Balaban J connectivity index is 0. The van der Waals surface area contributed by atoms with Crippen LogP contribution in [0.2, 0.25) is 0 Å². The molecule has 0 bridgehead atoms. The second kappa shape index (κ2) is 9.07. The molecule has 26 heavy (non-hydrogen) atoms. The van der Waals surface area contributed by atoms with Gasteiger partial charge in [-0.05, 0) is 5.75 Å². The van der Waals surface area contributed by atoms with E-state index in [4.69, 9.17) is 0 Å². The summed E-state index contributed by atoms with van der Waals surface area (Å²) in [4.78, 5) is 0. The summed E-state index contributed by atoms with van der Waals surface area (Å²) in [6, 6.07) is 0. The lowest BCUT2D eigenvalue weighted by Gasteiger charge is -2.29. The first-order valence-corrected chi connectivity index (χ1v) is 8.09. The second-order valence-corrected chi connectivity index (χ2v) is 6.03. The zero-order valence-electron chi connectivity index (χ0n) is 11.9. The standard InChI is InChI=1S/C5H4F7I.C5H5F7S/c2*6-3(1-2-13,4(7,8)9)5(10,11)12/h1-2H2;13H,1-2H2. The van der Waals surface area contributed by atoms with Crippen molar-refractivity contribution in [3.05, 3.63) is 0 Å². The molecule has 0 aromatic rings. The van der Waals surface area contributed by atoms with Crippen LogP contribution in [-0.4, -0.2) is 46.2 Å². The predicted octanol–water partition coefficient (Wildman–Crippen LogP) is 6.78. The van der Waals surface area contributed by atoms with Crippen LogP contribution in [0, 0.1) is 0 Å². The second-order valence-electron chi connectivity index (χ2n) is 4.51. The average Bonchev–Trinajstić information content (AvgIpc) is 2.34. The van der Waals surface area contributed by atoms with Crippen molar-refractivity contribution in [2.75, 3.05) is 10.2 Å². The van der Waals surface area contributed by atoms with Gasteiger partial charge in [0.05, 0.1) is 0 Å². The Kier molecular flexibility index (Phi) is 9.87. The minimum Gasteiger partial charge on any atom is -0.224 e. The molecular weight excluding hydrogens is 545 g/mol. The Morgan fingerprint density at radius 3 is 0.808 bits per heavy atom. The van der Waals surface area contributed by atoms with Gasteiger partial charge in [-0.2, -0.15) is 65.3 Å². The van der Waals surface area contributed by atoms with Crippen molar-refractivity contribution in [2.45, 2.75) is 48.9 Å². The van der Waals surface area contributed by atoms with Crippen LogP contribution in [0.3, 0.4) is 0 Å². The highest BCUT2D eigenvalue weighted by molar-refractivity contribution is 14.1. The van der Waals surface area contributed by atoms with Crippen LogP contribution in [0.4, 0.5) is 61.5 Å². The summed E-state index contributed by atoms with van der Waals surface area (Å²) >= 11 is 4.39. The third kappa shape index (κ3) is 6.61. The van der Waals surface area contributed by atoms with E-state index in [0.29, 0.717) is 0 Å². The maximum Gasteiger partial charge on any atom is 0.431 e. The van der Waals surface area contributed by atoms with Crippen LogP contribution >= 0.6 is 35.2 Å². The highest BCUT2D eigenvalue weighted by Crippen LogP contribution is 2.49. The third-order valence-corrected chi connectivity index (χ3v) is 3.46. The van der Waals surface area contributed by atoms with Gasteiger partial charge in [0, 0.05) is 17.3 Å². The first-order chi connectivity index (χ1) is 11.1. The van der Waals surface area contributed by atoms with Gasteiger partial charge in [0.25, 0.3) is 11.3 Å². The maximum atomic E-state index is 12.6. The number of alkyl halides is 15. The summed E-state index contributed by atoms with van der Waals surface area (Å²) in [6.45, 7) is 0. The van der Waals surface area contributed by atoms with Gasteiger partial charge in [-0.3, -0.25) is 0 Å². The van der Waals surface area contributed by atoms with E-state index in [1.807, 2.05) is 0 Å². The van der Waals surface area contributed by atoms with Crippen molar-refractivity contribution in [1.29, 1.82) is 0 Å². The summed E-state index contributed by atoms with van der Waals surface area (Å²) in [5, 5.41) is 0. The molecule has 0 N–H and O–H groups in total. The van der Waals surface area contributed by atoms with E-state index in [2.05, 4.69) is 12.6 Å². The molecule has 0 heterocycles. The molecule has 0 radical (unpaired) electrons. The van der Waals surface area contributed by atoms with E-state index in [1.54, 1.807) is 0 Å². The quantitative estimate of drug-likeness (QED) is 0.169. The molecule has 0 atom stereocenters. The fourth-order valence-corrected chi connectivity index (χ4v) is 2.22. The van der Waals surface area contributed by atoms with Gasteiger partial charge in [-0.1, -0.05) is 22.6 Å². The lowest BCUT2D eigenvalue weighted by atomic mass is 10.0. The predicted molar refractivity (Wildman–Crippen MR) is 73.9 cm³/mol. The van der Waals surface area contributed by atoms with Crippen LogP contribution in [-0.2, 0) is 0 Å². The lowest BCUT2D eigenvalue weighted by molar-refractivity contribution is -0.342. The number of thiol groups is 1. The number of hydrogen-bond donors (Lipinski definition) is 1. The Morgan fingerprint density at radius 2 is 0.731 bits per heavy atom. The fourth-order valence-electron chi connectivity index (χ4n) is 1.17. The Hall–Kier alpha value is 0.1000. The van der Waals surface area contributed by atoms with Crippen LogP contribution < -0.4 is 0 Å². The Labute approximate surface area is 156 Å². The SMILES string of the molecule is FC(F)(F)C(F)(CCI)C(F)(F)F.FC(F)(F)C(F)(CCS)C(F)(F)F. The molecule has 0 fully saturated rings. The molecule has 0 saturated carbocycles. The van der Waals surface area contributed by atoms with Gasteiger partial charge >= 0.3 is 24.7 Å². The average molecular weight is 554 g/mol. The monoisotopic (exact) mass is 554 g/mol. The van der Waals surface area contributed by atoms with Crippen LogP contribution in [0.1, 0.15) is 12.8 Å². The minimum absolute atomic E-state index is 0.562. The van der Waals surface area contributed by atoms with E-state index in [0.717, 1.165) is 0 Å². The number of rotatable bonds is 4. The molecule has 0 aliphatic carbocycles. The largest absolute Gasteiger partial charge is 0.431 e. The van der Waals surface area contributed by atoms with Gasteiger partial charge in [0.1, 0.15) is 0 Å². The highest BCUT2D eigenvalue weighted by Gasteiger charge is 2.72. The molecule has 0 saturated heterocycles. The normalized spacial score (nSPS) is 14.8. The minimum atomic E-state index is -5.95. The van der Waals surface area contributed by atoms with Gasteiger partial charge in [-0.15, -0.1) is 0 Å². The first-order valence-electron chi connectivity index (χ1n) is 5.94. The van der Waals surface area contributed by atoms with Crippen molar-refractivity contribution < 1.29 is 61.5 Å². The number of halogens is 15. The summed E-state index contributed by atoms with van der Waals surface area (Å²) < 4.78 is 165. The van der Waals surface area contributed by atoms with E-state index < -0.39 is 59.1 Å². The molecule has 16 heteroatoms. The molecule has 0 amide bonds. The molecule has 0 aromatic heterocycles. The van der Waals surface area contributed by atoms with Gasteiger partial charge in [-0.25, -0.2) is 8.78 Å². The smallest absolute Gasteiger partial charge is 0.224 e.